The molecule has 2 rings (SSSR count). The Hall–Kier alpha value is -0.830. The monoisotopic (exact) mass is 277 g/mol. The van der Waals surface area contributed by atoms with Gasteiger partial charge in [0, 0.05) is 25.3 Å². The van der Waals surface area contributed by atoms with E-state index in [0.717, 1.165) is 18.2 Å². The maximum atomic E-state index is 4.51. The van der Waals surface area contributed by atoms with E-state index in [1.165, 1.54) is 50.8 Å². The van der Waals surface area contributed by atoms with Gasteiger partial charge in [0.1, 0.15) is 0 Å². The number of nitrogens with zero attached hydrogens (tertiary/aromatic N) is 2. The molecule has 114 valence electrons. The molecule has 1 unspecified atom stereocenters. The fraction of sp³-hybridized carbons (Fsp3) is 0.824. The van der Waals surface area contributed by atoms with Gasteiger partial charge in [0.25, 0.3) is 0 Å². The molecule has 0 spiro atoms. The molecular formula is C17H31N3. The number of nitrogens with one attached hydrogen (secondary N) is 1. The van der Waals surface area contributed by atoms with Crippen molar-refractivity contribution in [3.05, 3.63) is 17.5 Å². The van der Waals surface area contributed by atoms with Crippen LogP contribution in [0.2, 0.25) is 0 Å². The maximum Gasteiger partial charge on any atom is 0.0596 e. The molecule has 0 amide bonds. The zero-order valence-corrected chi connectivity index (χ0v) is 13.7. The van der Waals surface area contributed by atoms with Crippen molar-refractivity contribution in [2.45, 2.75) is 71.8 Å². The van der Waals surface area contributed by atoms with Gasteiger partial charge in [0.15, 0.2) is 0 Å². The lowest BCUT2D eigenvalue weighted by molar-refractivity contribution is 0.223. The van der Waals surface area contributed by atoms with Crippen LogP contribution in [0.4, 0.5) is 0 Å². The van der Waals surface area contributed by atoms with Gasteiger partial charge < -0.3 is 5.32 Å². The Morgan fingerprint density at radius 1 is 1.40 bits per heavy atom. The van der Waals surface area contributed by atoms with Crippen LogP contribution in [0, 0.1) is 12.3 Å². The molecular weight excluding hydrogens is 246 g/mol. The second-order valence-electron chi connectivity index (χ2n) is 6.69. The molecule has 20 heavy (non-hydrogen) atoms. The first-order chi connectivity index (χ1) is 9.58. The molecule has 1 aromatic rings. The van der Waals surface area contributed by atoms with Crippen molar-refractivity contribution < 1.29 is 0 Å². The second-order valence-corrected chi connectivity index (χ2v) is 6.69. The molecule has 1 saturated carbocycles. The lowest BCUT2D eigenvalue weighted by atomic mass is 9.76. The Balaban J connectivity index is 2.07. The first-order valence-electron chi connectivity index (χ1n) is 8.31. The minimum Gasteiger partial charge on any atom is -0.313 e. The van der Waals surface area contributed by atoms with Crippen LogP contribution in [-0.2, 0) is 13.5 Å². The number of hydrogen-bond donors (Lipinski definition) is 1. The number of aromatic nitrogens is 2. The lowest BCUT2D eigenvalue weighted by Gasteiger charge is -2.33. The van der Waals surface area contributed by atoms with E-state index in [2.05, 4.69) is 49.0 Å². The third-order valence-corrected chi connectivity index (χ3v) is 4.81. The van der Waals surface area contributed by atoms with Gasteiger partial charge in [-0.3, -0.25) is 4.68 Å². The summed E-state index contributed by atoms with van der Waals surface area (Å²) in [7, 11) is 2.08. The molecule has 0 radical (unpaired) electrons. The molecule has 1 aliphatic rings. The van der Waals surface area contributed by atoms with Crippen molar-refractivity contribution in [2.24, 2.45) is 12.5 Å². The minimum atomic E-state index is 0.402. The quantitative estimate of drug-likeness (QED) is 0.747. The fourth-order valence-electron chi connectivity index (χ4n) is 3.08. The lowest BCUT2D eigenvalue weighted by Crippen LogP contribution is -2.37. The van der Waals surface area contributed by atoms with Crippen LogP contribution < -0.4 is 5.32 Å². The summed E-state index contributed by atoms with van der Waals surface area (Å²) in [4.78, 5) is 0. The molecule has 0 saturated heterocycles. The van der Waals surface area contributed by atoms with Gasteiger partial charge in [-0.1, -0.05) is 26.7 Å². The molecule has 1 fully saturated rings. The Kier molecular flexibility index (Phi) is 5.25. The second kappa shape index (κ2) is 6.75. The molecule has 1 aromatic heterocycles. The fourth-order valence-corrected chi connectivity index (χ4v) is 3.08. The van der Waals surface area contributed by atoms with Crippen LogP contribution in [-0.4, -0.2) is 22.4 Å². The Labute approximate surface area is 124 Å². The Morgan fingerprint density at radius 3 is 2.65 bits per heavy atom. The predicted molar refractivity (Wildman–Crippen MR) is 84.9 cm³/mol. The van der Waals surface area contributed by atoms with Crippen LogP contribution >= 0.6 is 0 Å². The van der Waals surface area contributed by atoms with Gasteiger partial charge in [-0.15, -0.1) is 0 Å². The topological polar surface area (TPSA) is 29.9 Å². The standard InChI is InChI=1S/C17H31N3/c1-5-7-10-17(6-2,13-18-15-8-9-15)12-16-11-14(3)19-20(16)4/h11,15,18H,5-10,12-13H2,1-4H3. The SMILES string of the molecule is CCCCC(CC)(CNC1CC1)Cc1cc(C)nn1C. The van der Waals surface area contributed by atoms with Crippen molar-refractivity contribution in [3.63, 3.8) is 0 Å². The summed E-state index contributed by atoms with van der Waals surface area (Å²) in [6.45, 7) is 7.90. The molecule has 1 heterocycles. The predicted octanol–water partition coefficient (Wildman–Crippen LogP) is 3.61. The normalized spacial score (nSPS) is 18.2. The van der Waals surface area contributed by atoms with Gasteiger partial charge in [-0.05, 0) is 50.5 Å². The highest BCUT2D eigenvalue weighted by molar-refractivity contribution is 5.11. The average molecular weight is 277 g/mol. The zero-order valence-electron chi connectivity index (χ0n) is 13.7. The van der Waals surface area contributed by atoms with E-state index in [4.69, 9.17) is 0 Å². The first kappa shape index (κ1) is 15.6. The summed E-state index contributed by atoms with van der Waals surface area (Å²) >= 11 is 0. The molecule has 0 aliphatic heterocycles. The van der Waals surface area contributed by atoms with Gasteiger partial charge in [0.2, 0.25) is 0 Å². The highest BCUT2D eigenvalue weighted by atomic mass is 15.3. The van der Waals surface area contributed by atoms with Crippen LogP contribution in [0.15, 0.2) is 6.07 Å². The third-order valence-electron chi connectivity index (χ3n) is 4.81. The first-order valence-corrected chi connectivity index (χ1v) is 8.31. The van der Waals surface area contributed by atoms with E-state index >= 15 is 0 Å². The average Bonchev–Trinajstić information content (AvgIpc) is 3.20. The smallest absolute Gasteiger partial charge is 0.0596 e. The van der Waals surface area contributed by atoms with Crippen molar-refractivity contribution >= 4 is 0 Å². The molecule has 1 N–H and O–H groups in total. The van der Waals surface area contributed by atoms with Crippen LogP contribution in [0.1, 0.15) is 63.8 Å². The third kappa shape index (κ3) is 4.08. The summed E-state index contributed by atoms with van der Waals surface area (Å²) < 4.78 is 2.07. The van der Waals surface area contributed by atoms with Crippen molar-refractivity contribution in [3.8, 4) is 0 Å². The Morgan fingerprint density at radius 2 is 2.15 bits per heavy atom. The van der Waals surface area contributed by atoms with Gasteiger partial charge in [0.05, 0.1) is 5.69 Å². The number of aryl methyl sites for hydroxylation is 2. The zero-order chi connectivity index (χ0) is 14.6. The van der Waals surface area contributed by atoms with E-state index in [9.17, 15) is 0 Å². The number of hydrogen-bond acceptors (Lipinski definition) is 2. The number of unbranched alkanes of at least 4 members (excludes halogenated alkanes) is 1. The molecule has 3 heteroatoms. The number of rotatable bonds is 9. The minimum absolute atomic E-state index is 0.402. The summed E-state index contributed by atoms with van der Waals surface area (Å²) in [6, 6.07) is 3.06. The van der Waals surface area contributed by atoms with Crippen LogP contribution in [0.3, 0.4) is 0 Å². The van der Waals surface area contributed by atoms with E-state index in [1.54, 1.807) is 0 Å². The van der Waals surface area contributed by atoms with E-state index in [-0.39, 0.29) is 0 Å². The van der Waals surface area contributed by atoms with Gasteiger partial charge >= 0.3 is 0 Å². The molecule has 1 atom stereocenters. The highest BCUT2D eigenvalue weighted by Gasteiger charge is 2.31. The summed E-state index contributed by atoms with van der Waals surface area (Å²) in [5, 5.41) is 8.29. The summed E-state index contributed by atoms with van der Waals surface area (Å²) in [6.07, 6.45) is 9.09. The van der Waals surface area contributed by atoms with Gasteiger partial charge in [-0.25, -0.2) is 0 Å². The van der Waals surface area contributed by atoms with E-state index in [1.807, 2.05) is 0 Å². The van der Waals surface area contributed by atoms with E-state index in [0.29, 0.717) is 5.41 Å². The van der Waals surface area contributed by atoms with Crippen molar-refractivity contribution in [1.82, 2.24) is 15.1 Å². The van der Waals surface area contributed by atoms with Crippen molar-refractivity contribution in [2.75, 3.05) is 6.54 Å². The Bertz CT molecular complexity index is 420. The molecule has 0 bridgehead atoms. The van der Waals surface area contributed by atoms with Crippen molar-refractivity contribution in [1.29, 1.82) is 0 Å². The molecule has 3 nitrogen and oxygen atoms in total. The maximum absolute atomic E-state index is 4.51. The molecule has 0 aromatic carbocycles. The summed E-state index contributed by atoms with van der Waals surface area (Å²) in [5.41, 5.74) is 2.93. The summed E-state index contributed by atoms with van der Waals surface area (Å²) in [5.74, 6) is 0. The van der Waals surface area contributed by atoms with Crippen LogP contribution in [0.5, 0.6) is 0 Å². The van der Waals surface area contributed by atoms with E-state index < -0.39 is 0 Å². The largest absolute Gasteiger partial charge is 0.313 e. The van der Waals surface area contributed by atoms with Crippen LogP contribution in [0.25, 0.3) is 0 Å². The molecule has 1 aliphatic carbocycles. The van der Waals surface area contributed by atoms with Gasteiger partial charge in [-0.2, -0.15) is 5.10 Å². The highest BCUT2D eigenvalue weighted by Crippen LogP contribution is 2.34.